The Morgan fingerprint density at radius 2 is 1.60 bits per heavy atom. The number of rotatable bonds is 3. The van der Waals surface area contributed by atoms with Gasteiger partial charge in [-0.05, 0) is 39.5 Å². The van der Waals surface area contributed by atoms with Gasteiger partial charge < -0.3 is 25.8 Å². The van der Waals surface area contributed by atoms with Gasteiger partial charge in [0.15, 0.2) is 0 Å². The normalized spacial score (nSPS) is 25.5. The van der Waals surface area contributed by atoms with Crippen LogP contribution in [0.5, 0.6) is 0 Å². The van der Waals surface area contributed by atoms with Crippen molar-refractivity contribution in [3.63, 3.8) is 0 Å². The summed E-state index contributed by atoms with van der Waals surface area (Å²) in [6, 6.07) is -1.84. The number of aliphatic hydroxyl groups is 1. The first-order valence-electron chi connectivity index (χ1n) is 11.2. The molecule has 174 valence electrons. The van der Waals surface area contributed by atoms with Crippen LogP contribution in [0.3, 0.4) is 0 Å². The first-order chi connectivity index (χ1) is 14.0. The molecule has 1 heterocycles. The van der Waals surface area contributed by atoms with Crippen molar-refractivity contribution < 1.29 is 24.2 Å². The van der Waals surface area contributed by atoms with Gasteiger partial charge in [-0.25, -0.2) is 4.79 Å². The van der Waals surface area contributed by atoms with E-state index in [4.69, 9.17) is 4.74 Å². The highest BCUT2D eigenvalue weighted by Crippen LogP contribution is 2.14. The third-order valence-electron chi connectivity index (χ3n) is 5.12. The summed E-state index contributed by atoms with van der Waals surface area (Å²) in [6.45, 7) is 8.86. The Morgan fingerprint density at radius 3 is 2.13 bits per heavy atom. The van der Waals surface area contributed by atoms with E-state index in [0.717, 1.165) is 38.5 Å². The molecule has 4 N–H and O–H groups in total. The minimum Gasteiger partial charge on any atom is -0.444 e. The van der Waals surface area contributed by atoms with Crippen molar-refractivity contribution in [3.05, 3.63) is 0 Å². The van der Waals surface area contributed by atoms with Crippen LogP contribution >= 0.6 is 0 Å². The predicted molar refractivity (Wildman–Crippen MR) is 116 cm³/mol. The van der Waals surface area contributed by atoms with Gasteiger partial charge in [0, 0.05) is 0 Å². The molecule has 3 amide bonds. The Balaban J connectivity index is 2.95. The second kappa shape index (κ2) is 12.8. The average molecular weight is 428 g/mol. The maximum Gasteiger partial charge on any atom is 0.408 e. The lowest BCUT2D eigenvalue weighted by Crippen LogP contribution is -2.57. The minimum absolute atomic E-state index is 0.132. The van der Waals surface area contributed by atoms with Crippen LogP contribution in [0.25, 0.3) is 0 Å². The van der Waals surface area contributed by atoms with Gasteiger partial charge in [-0.3, -0.25) is 9.59 Å². The molecule has 1 fully saturated rings. The van der Waals surface area contributed by atoms with Gasteiger partial charge in [0.25, 0.3) is 0 Å². The topological polar surface area (TPSA) is 117 Å². The molecule has 0 aliphatic carbocycles. The molecule has 8 nitrogen and oxygen atoms in total. The maximum absolute atomic E-state index is 13.0. The number of hydrogen-bond donors (Lipinski definition) is 4. The summed E-state index contributed by atoms with van der Waals surface area (Å²) in [4.78, 5) is 38.0. The van der Waals surface area contributed by atoms with Crippen LogP contribution in [0.4, 0.5) is 4.79 Å². The van der Waals surface area contributed by atoms with E-state index >= 15 is 0 Å². The van der Waals surface area contributed by atoms with E-state index in [-0.39, 0.29) is 24.5 Å². The molecule has 30 heavy (non-hydrogen) atoms. The van der Waals surface area contributed by atoms with E-state index in [1.807, 2.05) is 13.8 Å². The summed E-state index contributed by atoms with van der Waals surface area (Å²) in [5.74, 6) is -0.862. The van der Waals surface area contributed by atoms with Gasteiger partial charge in [0.1, 0.15) is 17.7 Å². The highest BCUT2D eigenvalue weighted by atomic mass is 16.6. The number of alkyl carbamates (subject to hydrolysis) is 1. The molecule has 1 saturated heterocycles. The Kier molecular flexibility index (Phi) is 11.2. The quantitative estimate of drug-likeness (QED) is 0.552. The fourth-order valence-corrected chi connectivity index (χ4v) is 3.45. The molecule has 0 radical (unpaired) electrons. The number of amides is 3. The van der Waals surface area contributed by atoms with Crippen LogP contribution in [0.2, 0.25) is 0 Å². The first kappa shape index (κ1) is 26.2. The van der Waals surface area contributed by atoms with Crippen LogP contribution in [-0.2, 0) is 14.3 Å². The van der Waals surface area contributed by atoms with Crippen LogP contribution in [0.1, 0.15) is 86.0 Å². The molecular formula is C22H41N3O5. The summed E-state index contributed by atoms with van der Waals surface area (Å²) in [5, 5.41) is 17.9. The second-order valence-electron chi connectivity index (χ2n) is 9.52. The zero-order chi connectivity index (χ0) is 22.7. The first-order valence-corrected chi connectivity index (χ1v) is 11.2. The average Bonchev–Trinajstić information content (AvgIpc) is 2.63. The molecule has 8 heteroatoms. The zero-order valence-electron chi connectivity index (χ0n) is 19.3. The Morgan fingerprint density at radius 1 is 1.03 bits per heavy atom. The number of carbonyl (C=O) groups excluding carboxylic acids is 3. The SMILES string of the molecule is CC(C)[C@@H]1NC(=O)[C@@H](NC(=O)OC(C)(C)C)CCCCCCCC[C@@H](CO)NC1=O. The molecule has 0 unspecified atom stereocenters. The Bertz CT molecular complexity index is 559. The molecule has 0 aromatic rings. The zero-order valence-corrected chi connectivity index (χ0v) is 19.3. The van der Waals surface area contributed by atoms with Crippen LogP contribution in [-0.4, -0.2) is 53.3 Å². The third-order valence-corrected chi connectivity index (χ3v) is 5.12. The van der Waals surface area contributed by atoms with Crippen LogP contribution in [0, 0.1) is 5.92 Å². The second-order valence-corrected chi connectivity index (χ2v) is 9.52. The van der Waals surface area contributed by atoms with Crippen LogP contribution < -0.4 is 16.0 Å². The summed E-state index contributed by atoms with van der Waals surface area (Å²) in [6.07, 6.45) is 6.40. The van der Waals surface area contributed by atoms with Gasteiger partial charge in [-0.15, -0.1) is 0 Å². The van der Waals surface area contributed by atoms with E-state index in [0.29, 0.717) is 12.8 Å². The molecule has 1 aliphatic rings. The van der Waals surface area contributed by atoms with E-state index in [1.165, 1.54) is 0 Å². The lowest BCUT2D eigenvalue weighted by atomic mass is 10.0. The van der Waals surface area contributed by atoms with Gasteiger partial charge in [0.2, 0.25) is 11.8 Å². The Hall–Kier alpha value is -1.83. The number of aliphatic hydroxyl groups excluding tert-OH is 1. The minimum atomic E-state index is -0.771. The van der Waals surface area contributed by atoms with Gasteiger partial charge in [-0.2, -0.15) is 0 Å². The van der Waals surface area contributed by atoms with E-state index in [9.17, 15) is 19.5 Å². The van der Waals surface area contributed by atoms with Crippen molar-refractivity contribution in [1.82, 2.24) is 16.0 Å². The molecular weight excluding hydrogens is 386 g/mol. The number of carbonyl (C=O) groups is 3. The van der Waals surface area contributed by atoms with Crippen molar-refractivity contribution in [2.75, 3.05) is 6.61 Å². The van der Waals surface area contributed by atoms with Gasteiger partial charge in [0.05, 0.1) is 12.6 Å². The largest absolute Gasteiger partial charge is 0.444 e. The fourth-order valence-electron chi connectivity index (χ4n) is 3.45. The molecule has 0 aromatic heterocycles. The highest BCUT2D eigenvalue weighted by Gasteiger charge is 2.30. The van der Waals surface area contributed by atoms with E-state index in [1.54, 1.807) is 20.8 Å². The molecule has 0 saturated carbocycles. The molecule has 0 spiro atoms. The molecule has 0 aromatic carbocycles. The molecule has 1 aliphatic heterocycles. The van der Waals surface area contributed by atoms with Crippen LogP contribution in [0.15, 0.2) is 0 Å². The smallest absolute Gasteiger partial charge is 0.408 e. The number of nitrogens with one attached hydrogen (secondary N) is 3. The van der Waals surface area contributed by atoms with Crippen molar-refractivity contribution in [2.24, 2.45) is 5.92 Å². The maximum atomic E-state index is 13.0. The van der Waals surface area contributed by atoms with Crippen molar-refractivity contribution in [1.29, 1.82) is 0 Å². The van der Waals surface area contributed by atoms with E-state index in [2.05, 4.69) is 16.0 Å². The number of ether oxygens (including phenoxy) is 1. The summed E-state index contributed by atoms with van der Waals surface area (Å²) in [7, 11) is 0. The molecule has 3 atom stereocenters. The van der Waals surface area contributed by atoms with Gasteiger partial charge in [-0.1, -0.05) is 52.4 Å². The third kappa shape index (κ3) is 10.3. The predicted octanol–water partition coefficient (Wildman–Crippen LogP) is 2.63. The number of hydrogen-bond acceptors (Lipinski definition) is 5. The summed E-state index contributed by atoms with van der Waals surface area (Å²) >= 11 is 0. The lowest BCUT2D eigenvalue weighted by Gasteiger charge is -2.27. The summed E-state index contributed by atoms with van der Waals surface area (Å²) in [5.41, 5.74) is -0.667. The van der Waals surface area contributed by atoms with Crippen molar-refractivity contribution in [3.8, 4) is 0 Å². The molecule has 0 bridgehead atoms. The Labute approximate surface area is 180 Å². The highest BCUT2D eigenvalue weighted by molar-refractivity contribution is 5.91. The lowest BCUT2D eigenvalue weighted by molar-refractivity contribution is -0.131. The standard InChI is InChI=1S/C22H41N3O5/c1-15(2)18-20(28)23-16(14-26)12-10-8-6-7-9-11-13-17(19(27)25-18)24-21(29)30-22(3,4)5/h15-18,26H,6-14H2,1-5H3,(H,23,28)(H,24,29)(H,25,27)/t16-,17-,18-/m0/s1. The van der Waals surface area contributed by atoms with Gasteiger partial charge >= 0.3 is 6.09 Å². The summed E-state index contributed by atoms with van der Waals surface area (Å²) < 4.78 is 5.30. The fraction of sp³-hybridized carbons (Fsp3) is 0.864. The van der Waals surface area contributed by atoms with Crippen molar-refractivity contribution in [2.45, 2.75) is 110 Å². The van der Waals surface area contributed by atoms with E-state index < -0.39 is 29.7 Å². The van der Waals surface area contributed by atoms with Crippen molar-refractivity contribution >= 4 is 17.9 Å². The molecule has 1 rings (SSSR count). The monoisotopic (exact) mass is 427 g/mol.